The first-order valence-corrected chi connectivity index (χ1v) is 11.8. The Kier molecular flexibility index (Phi) is 15.9. The summed E-state index contributed by atoms with van der Waals surface area (Å²) in [5, 5.41) is 0. The van der Waals surface area contributed by atoms with Gasteiger partial charge in [-0.1, -0.05) is 52.8 Å². The smallest absolute Gasteiger partial charge is 0.254 e. The van der Waals surface area contributed by atoms with Crippen molar-refractivity contribution in [3.8, 4) is 12.8 Å². The minimum Gasteiger partial charge on any atom is -0.339 e. The molecule has 3 rings (SSSR count). The van der Waals surface area contributed by atoms with Gasteiger partial charge in [-0.05, 0) is 44.4 Å². The van der Waals surface area contributed by atoms with Crippen LogP contribution in [0.2, 0.25) is 0 Å². The maximum Gasteiger partial charge on any atom is 0.254 e. The molecule has 2 saturated heterocycles. The van der Waals surface area contributed by atoms with Crippen LogP contribution in [0.4, 0.5) is 0 Å². The lowest BCUT2D eigenvalue weighted by molar-refractivity contribution is 0.0481. The molecule has 1 amide bonds. The molecule has 1 aromatic rings. The molecule has 0 atom stereocenters. The third-order valence-electron chi connectivity index (χ3n) is 5.59. The Labute approximate surface area is 186 Å². The number of hydrogen-bond donors (Lipinski definition) is 0. The molecule has 4 nitrogen and oxygen atoms in total. The summed E-state index contributed by atoms with van der Waals surface area (Å²) in [5.74, 6) is 0.208. The van der Waals surface area contributed by atoms with E-state index in [4.69, 9.17) is 0 Å². The quantitative estimate of drug-likeness (QED) is 0.653. The van der Waals surface area contributed by atoms with E-state index in [-0.39, 0.29) is 5.91 Å². The zero-order chi connectivity index (χ0) is 22.9. The van der Waals surface area contributed by atoms with Crippen LogP contribution in [0.3, 0.4) is 0 Å². The van der Waals surface area contributed by atoms with Gasteiger partial charge in [0.1, 0.15) is 0 Å². The summed E-state index contributed by atoms with van der Waals surface area (Å²) in [7, 11) is 0. The van der Waals surface area contributed by atoms with Gasteiger partial charge in [0.15, 0.2) is 0 Å². The van der Waals surface area contributed by atoms with Gasteiger partial charge >= 0.3 is 0 Å². The highest BCUT2D eigenvalue weighted by molar-refractivity contribution is 5.95. The van der Waals surface area contributed by atoms with Crippen LogP contribution in [0.1, 0.15) is 69.8 Å². The van der Waals surface area contributed by atoms with E-state index in [2.05, 4.69) is 29.6 Å². The van der Waals surface area contributed by atoms with E-state index < -0.39 is 0 Å². The lowest BCUT2D eigenvalue weighted by Gasteiger charge is -2.42. The van der Waals surface area contributed by atoms with E-state index >= 15 is 0 Å². The van der Waals surface area contributed by atoms with Gasteiger partial charge in [0, 0.05) is 50.9 Å². The highest BCUT2D eigenvalue weighted by Crippen LogP contribution is 2.21. The summed E-state index contributed by atoms with van der Waals surface area (Å²) in [4.78, 5) is 20.0. The first-order chi connectivity index (χ1) is 14.7. The number of amides is 1. The average Bonchev–Trinajstić information content (AvgIpc) is 2.84. The zero-order valence-electron chi connectivity index (χ0n) is 20.4. The summed E-state index contributed by atoms with van der Waals surface area (Å²) in [6, 6.07) is 8.60. The monoisotopic (exact) mass is 415 g/mol. The molecule has 1 aromatic carbocycles. The minimum absolute atomic E-state index is 0.208. The lowest BCUT2D eigenvalue weighted by atomic mass is 10.0. The van der Waals surface area contributed by atoms with Crippen molar-refractivity contribution in [2.75, 3.05) is 45.8 Å². The van der Waals surface area contributed by atoms with Gasteiger partial charge in [-0.3, -0.25) is 9.69 Å². The molecule has 2 fully saturated rings. The molecule has 2 aliphatic rings. The fraction of sp³-hybridized carbons (Fsp3) is 0.654. The Morgan fingerprint density at radius 2 is 1.47 bits per heavy atom. The third kappa shape index (κ3) is 8.50. The normalized spacial score (nSPS) is 17.4. The number of piperazine rings is 1. The van der Waals surface area contributed by atoms with Crippen molar-refractivity contribution >= 4 is 5.91 Å². The molecular formula is C26H45N3O. The molecule has 0 aromatic heterocycles. The number of rotatable bonds is 4. The number of likely N-dealkylation sites (tertiary alicyclic amines) is 1. The van der Waals surface area contributed by atoms with Crippen LogP contribution in [0.25, 0.3) is 0 Å². The van der Waals surface area contributed by atoms with Gasteiger partial charge in [0.05, 0.1) is 0 Å². The number of carbonyl (C=O) groups is 1. The number of aryl methyl sites for hydroxylation is 1. The van der Waals surface area contributed by atoms with Crippen molar-refractivity contribution in [2.24, 2.45) is 0 Å². The molecule has 4 heteroatoms. The third-order valence-corrected chi connectivity index (χ3v) is 5.59. The molecule has 30 heavy (non-hydrogen) atoms. The Morgan fingerprint density at radius 1 is 0.933 bits per heavy atom. The van der Waals surface area contributed by atoms with Crippen molar-refractivity contribution in [1.82, 2.24) is 14.7 Å². The molecule has 0 N–H and O–H groups in total. The zero-order valence-corrected chi connectivity index (χ0v) is 20.4. The summed E-state index contributed by atoms with van der Waals surface area (Å²) in [6.07, 6.45) is 11.5. The van der Waals surface area contributed by atoms with Crippen LogP contribution in [0.15, 0.2) is 24.3 Å². The highest BCUT2D eigenvalue weighted by Gasteiger charge is 2.29. The molecule has 2 aliphatic heterocycles. The van der Waals surface area contributed by atoms with Gasteiger partial charge in [0.2, 0.25) is 0 Å². The summed E-state index contributed by atoms with van der Waals surface area (Å²) >= 11 is 0. The first-order valence-electron chi connectivity index (χ1n) is 11.8. The van der Waals surface area contributed by atoms with Crippen LogP contribution >= 0.6 is 0 Å². The molecule has 2 heterocycles. The molecule has 0 unspecified atom stereocenters. The van der Waals surface area contributed by atoms with Gasteiger partial charge in [-0.15, -0.1) is 12.8 Å². The molecule has 0 bridgehead atoms. The lowest BCUT2D eigenvalue weighted by Crippen LogP contribution is -2.53. The molecule has 170 valence electrons. The van der Waals surface area contributed by atoms with Gasteiger partial charge in [-0.2, -0.15) is 0 Å². The van der Waals surface area contributed by atoms with Crippen LogP contribution in [-0.4, -0.2) is 72.5 Å². The van der Waals surface area contributed by atoms with Crippen LogP contribution < -0.4 is 0 Å². The van der Waals surface area contributed by atoms with Crippen molar-refractivity contribution in [3.05, 3.63) is 35.4 Å². The molecular weight excluding hydrogens is 370 g/mol. The van der Waals surface area contributed by atoms with Crippen LogP contribution in [0.5, 0.6) is 0 Å². The second-order valence-corrected chi connectivity index (χ2v) is 7.22. The van der Waals surface area contributed by atoms with E-state index in [0.717, 1.165) is 37.1 Å². The predicted molar refractivity (Wildman–Crippen MR) is 131 cm³/mol. The molecule has 0 aliphatic carbocycles. The first kappa shape index (κ1) is 28.2. The second kappa shape index (κ2) is 16.9. The van der Waals surface area contributed by atoms with E-state index in [1.165, 1.54) is 39.1 Å². The van der Waals surface area contributed by atoms with E-state index in [1.807, 2.05) is 63.8 Å². The van der Waals surface area contributed by atoms with E-state index in [1.54, 1.807) is 0 Å². The van der Waals surface area contributed by atoms with Crippen molar-refractivity contribution in [2.45, 2.75) is 66.8 Å². The summed E-state index contributed by atoms with van der Waals surface area (Å²) in [6.45, 7) is 20.1. The largest absolute Gasteiger partial charge is 0.339 e. The fourth-order valence-electron chi connectivity index (χ4n) is 4.09. The predicted octanol–water partition coefficient (Wildman–Crippen LogP) is 4.93. The Hall–Kier alpha value is -1.83. The minimum atomic E-state index is 0.208. The van der Waals surface area contributed by atoms with E-state index in [9.17, 15) is 4.79 Å². The fourth-order valence-corrected chi connectivity index (χ4v) is 4.09. The maximum absolute atomic E-state index is 12.7. The number of carbonyl (C=O) groups excluding carboxylic acids is 1. The van der Waals surface area contributed by atoms with Crippen LogP contribution in [-0.2, 0) is 0 Å². The molecule has 0 saturated carbocycles. The Balaban J connectivity index is 0.00000129. The Bertz CT molecular complexity index is 583. The number of benzene rings is 1. The number of hydrogen-bond acceptors (Lipinski definition) is 3. The topological polar surface area (TPSA) is 26.8 Å². The summed E-state index contributed by atoms with van der Waals surface area (Å²) in [5.41, 5.74) is 1.95. The summed E-state index contributed by atoms with van der Waals surface area (Å²) < 4.78 is 0. The van der Waals surface area contributed by atoms with Crippen LogP contribution in [0, 0.1) is 19.8 Å². The van der Waals surface area contributed by atoms with Crippen molar-refractivity contribution in [1.29, 1.82) is 0 Å². The molecule has 0 radical (unpaired) electrons. The maximum atomic E-state index is 12.7. The Morgan fingerprint density at radius 3 is 1.97 bits per heavy atom. The van der Waals surface area contributed by atoms with Gasteiger partial charge in [0.25, 0.3) is 5.91 Å². The SMILES string of the molecule is C#C.CC.CC.CCCN1CCN(C2CCN(C(=O)c3ccccc3C)CC2)CC1. The number of terminal acetylenes is 1. The van der Waals surface area contributed by atoms with Crippen molar-refractivity contribution in [3.63, 3.8) is 0 Å². The molecule has 0 spiro atoms. The standard InChI is InChI=1S/C20H31N3O.2C2H6.C2H2/c1-3-10-21-13-15-22(16-14-21)18-8-11-23(12-9-18)20(24)19-7-5-4-6-17(19)2;3*1-2/h4-7,18H,3,8-16H2,1-2H3;2*1-2H3;1-2H. The highest BCUT2D eigenvalue weighted by atomic mass is 16.2. The van der Waals surface area contributed by atoms with Gasteiger partial charge in [-0.25, -0.2) is 0 Å². The van der Waals surface area contributed by atoms with Gasteiger partial charge < -0.3 is 9.80 Å². The number of piperidine rings is 1. The average molecular weight is 416 g/mol. The van der Waals surface area contributed by atoms with Crippen molar-refractivity contribution < 1.29 is 4.79 Å². The second-order valence-electron chi connectivity index (χ2n) is 7.22. The van der Waals surface area contributed by atoms with E-state index in [0.29, 0.717) is 6.04 Å². The number of nitrogens with zero attached hydrogens (tertiary/aromatic N) is 3.